The van der Waals surface area contributed by atoms with E-state index in [4.69, 9.17) is 0 Å². The zero-order valence-electron chi connectivity index (χ0n) is 24.2. The predicted octanol–water partition coefficient (Wildman–Crippen LogP) is 7.31. The molecule has 5 aromatic carbocycles. The fraction of sp³-hybridized carbons (Fsp3) is 0.158. The van der Waals surface area contributed by atoms with Crippen LogP contribution in [0.25, 0.3) is 16.6 Å². The van der Waals surface area contributed by atoms with Crippen molar-refractivity contribution in [2.75, 3.05) is 9.80 Å². The van der Waals surface area contributed by atoms with Gasteiger partial charge in [-0.05, 0) is 69.6 Å². The molecule has 0 fully saturated rings. The number of fused-ring (bicyclic) bond motifs is 10. The third-order valence-corrected chi connectivity index (χ3v) is 11.2. The van der Waals surface area contributed by atoms with E-state index in [1.54, 1.807) is 0 Å². The Bertz CT molecular complexity index is 2290. The Labute approximate surface area is 245 Å². The molecule has 6 aromatic rings. The van der Waals surface area contributed by atoms with Gasteiger partial charge in [0, 0.05) is 44.6 Å². The number of nitrogens with zero attached hydrogens (tertiary/aromatic N) is 3. The van der Waals surface area contributed by atoms with Crippen LogP contribution in [0.15, 0.2) is 97.1 Å². The average Bonchev–Trinajstić information content (AvgIpc) is 3.53. The molecule has 42 heavy (non-hydrogen) atoms. The largest absolute Gasteiger partial charge is 0.320 e. The van der Waals surface area contributed by atoms with Crippen LogP contribution >= 0.6 is 0 Å². The lowest BCUT2D eigenvalue weighted by atomic mass is 9.35. The average molecular weight is 537 g/mol. The first-order valence-electron chi connectivity index (χ1n) is 15.2. The second kappa shape index (κ2) is 6.52. The van der Waals surface area contributed by atoms with E-state index >= 15 is 0 Å². The molecule has 0 amide bonds. The highest BCUT2D eigenvalue weighted by Crippen LogP contribution is 2.61. The van der Waals surface area contributed by atoms with Crippen LogP contribution in [-0.4, -0.2) is 11.3 Å². The van der Waals surface area contributed by atoms with Crippen molar-refractivity contribution in [1.29, 1.82) is 0 Å². The van der Waals surface area contributed by atoms with E-state index in [1.165, 1.54) is 89.5 Å². The minimum Gasteiger partial charge on any atom is -0.320 e. The summed E-state index contributed by atoms with van der Waals surface area (Å²) in [7, 11) is 0. The van der Waals surface area contributed by atoms with Crippen LogP contribution in [0, 0.1) is 0 Å². The van der Waals surface area contributed by atoms with Crippen LogP contribution in [0.5, 0.6) is 0 Å². The fourth-order valence-electron chi connectivity index (χ4n) is 9.45. The van der Waals surface area contributed by atoms with Gasteiger partial charge in [0.2, 0.25) is 0 Å². The number of para-hydroxylation sites is 3. The van der Waals surface area contributed by atoms with Crippen LogP contribution in [0.3, 0.4) is 0 Å². The normalized spacial score (nSPS) is 17.8. The number of hydrogen-bond donors (Lipinski definition) is 0. The summed E-state index contributed by atoms with van der Waals surface area (Å²) in [4.78, 5) is 5.27. The molecule has 0 saturated carbocycles. The van der Waals surface area contributed by atoms with Gasteiger partial charge in [0.15, 0.2) is 0 Å². The lowest BCUT2D eigenvalue weighted by Crippen LogP contribution is -2.61. The summed E-state index contributed by atoms with van der Waals surface area (Å²) >= 11 is 0. The van der Waals surface area contributed by atoms with E-state index in [2.05, 4.69) is 139 Å². The molecule has 0 saturated heterocycles. The molecule has 5 aliphatic rings. The Kier molecular flexibility index (Phi) is 3.41. The van der Waals surface area contributed by atoms with E-state index in [9.17, 15) is 0 Å². The molecule has 1 aromatic heterocycles. The first kappa shape index (κ1) is 22.0. The molecule has 198 valence electrons. The summed E-state index contributed by atoms with van der Waals surface area (Å²) in [6, 6.07) is 36.9. The van der Waals surface area contributed by atoms with Crippen molar-refractivity contribution in [3.05, 3.63) is 119 Å². The Balaban J connectivity index is 1.43. The summed E-state index contributed by atoms with van der Waals surface area (Å²) in [5, 5.41) is 1.33. The SMILES string of the molecule is CC1(C)c2ccccc2N2c3cccc4c3B3c5c2c1cc1c5N(c2ccccc2C1(C)C)c1c3n-4c2ccccc12. The Morgan fingerprint density at radius 2 is 1.07 bits per heavy atom. The first-order valence-corrected chi connectivity index (χ1v) is 15.2. The zero-order valence-corrected chi connectivity index (χ0v) is 24.2. The molecule has 3 nitrogen and oxygen atoms in total. The predicted molar refractivity (Wildman–Crippen MR) is 175 cm³/mol. The molecule has 0 aliphatic carbocycles. The highest BCUT2D eigenvalue weighted by atomic mass is 15.2. The second-order valence-corrected chi connectivity index (χ2v) is 13.8. The maximum Gasteiger partial charge on any atom is 0.275 e. The standard InChI is InChI=1S/C38H28BN3/c1-37(2)22-13-6-9-16-27(22)40-29-18-11-19-30-31(29)39-32-34(40)24(37)20-25-35(32)42(28-17-10-7-14-23(28)38(25,3)4)33-21-12-5-8-15-26(21)41(30)36(33)39/h5-20H,1-4H3. The Morgan fingerprint density at radius 3 is 1.81 bits per heavy atom. The van der Waals surface area contributed by atoms with Crippen molar-refractivity contribution in [2.24, 2.45) is 0 Å². The number of rotatable bonds is 0. The lowest BCUT2D eigenvalue weighted by molar-refractivity contribution is 0.609. The van der Waals surface area contributed by atoms with Gasteiger partial charge >= 0.3 is 0 Å². The van der Waals surface area contributed by atoms with Crippen molar-refractivity contribution < 1.29 is 0 Å². The van der Waals surface area contributed by atoms with E-state index < -0.39 is 0 Å². The van der Waals surface area contributed by atoms with Crippen LogP contribution < -0.4 is 26.3 Å². The fourth-order valence-corrected chi connectivity index (χ4v) is 9.45. The van der Waals surface area contributed by atoms with Crippen molar-refractivity contribution >= 4 is 68.3 Å². The maximum atomic E-state index is 2.65. The van der Waals surface area contributed by atoms with Crippen molar-refractivity contribution in [2.45, 2.75) is 38.5 Å². The summed E-state index contributed by atoms with van der Waals surface area (Å²) in [5.41, 5.74) is 20.5. The van der Waals surface area contributed by atoms with Gasteiger partial charge in [-0.25, -0.2) is 0 Å². The molecule has 0 radical (unpaired) electrons. The molecule has 11 rings (SSSR count). The van der Waals surface area contributed by atoms with Crippen LogP contribution in [0.4, 0.5) is 34.1 Å². The monoisotopic (exact) mass is 537 g/mol. The van der Waals surface area contributed by atoms with E-state index in [-0.39, 0.29) is 17.5 Å². The van der Waals surface area contributed by atoms with Crippen LogP contribution in [0.1, 0.15) is 49.9 Å². The first-order chi connectivity index (χ1) is 20.4. The topological polar surface area (TPSA) is 11.4 Å². The van der Waals surface area contributed by atoms with Crippen molar-refractivity contribution in [3.8, 4) is 5.69 Å². The molecule has 0 spiro atoms. The Hall–Kier alpha value is -4.70. The molecule has 6 heterocycles. The molecular formula is C38H28BN3. The third-order valence-electron chi connectivity index (χ3n) is 11.2. The zero-order chi connectivity index (χ0) is 27.9. The van der Waals surface area contributed by atoms with Gasteiger partial charge in [0.1, 0.15) is 0 Å². The molecular weight excluding hydrogens is 509 g/mol. The van der Waals surface area contributed by atoms with E-state index in [0.29, 0.717) is 0 Å². The number of anilines is 6. The van der Waals surface area contributed by atoms with Crippen LogP contribution in [0.2, 0.25) is 0 Å². The van der Waals surface area contributed by atoms with Gasteiger partial charge in [-0.15, -0.1) is 0 Å². The summed E-state index contributed by atoms with van der Waals surface area (Å²) < 4.78 is 2.59. The molecule has 5 aliphatic heterocycles. The highest BCUT2D eigenvalue weighted by Gasteiger charge is 2.56. The van der Waals surface area contributed by atoms with Gasteiger partial charge in [-0.3, -0.25) is 0 Å². The molecule has 0 unspecified atom stereocenters. The minimum atomic E-state index is -0.139. The summed E-state index contributed by atoms with van der Waals surface area (Å²) in [6.45, 7) is 9.94. The number of benzene rings is 5. The maximum absolute atomic E-state index is 2.65. The second-order valence-electron chi connectivity index (χ2n) is 13.8. The van der Waals surface area contributed by atoms with Crippen molar-refractivity contribution in [3.63, 3.8) is 0 Å². The van der Waals surface area contributed by atoms with E-state index in [0.717, 1.165) is 0 Å². The van der Waals surface area contributed by atoms with Crippen molar-refractivity contribution in [1.82, 2.24) is 4.57 Å². The summed E-state index contributed by atoms with van der Waals surface area (Å²) in [5.74, 6) is 0. The van der Waals surface area contributed by atoms with Crippen LogP contribution in [-0.2, 0) is 10.8 Å². The Morgan fingerprint density at radius 1 is 0.500 bits per heavy atom. The highest BCUT2D eigenvalue weighted by molar-refractivity contribution is 7.02. The summed E-state index contributed by atoms with van der Waals surface area (Å²) in [6.07, 6.45) is 0. The quantitative estimate of drug-likeness (QED) is 0.188. The molecule has 0 N–H and O–H groups in total. The lowest BCUT2D eigenvalue weighted by Gasteiger charge is -2.52. The van der Waals surface area contributed by atoms with Gasteiger partial charge in [-0.2, -0.15) is 0 Å². The third kappa shape index (κ3) is 2.05. The minimum absolute atomic E-state index is 0.132. The van der Waals surface area contributed by atoms with Gasteiger partial charge in [-0.1, -0.05) is 88.4 Å². The molecule has 4 heteroatoms. The van der Waals surface area contributed by atoms with Gasteiger partial charge in [0.25, 0.3) is 6.71 Å². The van der Waals surface area contributed by atoms with Gasteiger partial charge < -0.3 is 14.4 Å². The van der Waals surface area contributed by atoms with E-state index in [1.807, 2.05) is 0 Å². The molecule has 0 atom stereocenters. The number of aromatic nitrogens is 1. The van der Waals surface area contributed by atoms with Gasteiger partial charge in [0.05, 0.1) is 22.6 Å². The molecule has 0 bridgehead atoms. The smallest absolute Gasteiger partial charge is 0.275 e. The number of hydrogen-bond acceptors (Lipinski definition) is 2.